The van der Waals surface area contributed by atoms with E-state index in [1.807, 2.05) is 24.3 Å². The summed E-state index contributed by atoms with van der Waals surface area (Å²) in [6, 6.07) is 16.3. The first-order chi connectivity index (χ1) is 17.1. The number of benzene rings is 2. The molecule has 0 unspecified atom stereocenters. The van der Waals surface area contributed by atoms with Crippen molar-refractivity contribution in [2.75, 3.05) is 48.8 Å². The van der Waals surface area contributed by atoms with Crippen LogP contribution in [-0.2, 0) is 17.6 Å². The number of nitrogens with zero attached hydrogens (tertiary/aromatic N) is 4. The van der Waals surface area contributed by atoms with Crippen molar-refractivity contribution in [2.24, 2.45) is 0 Å². The molecular weight excluding hydrogens is 436 g/mol. The molecule has 1 aromatic heterocycles. The molecule has 5 rings (SSSR count). The molecule has 35 heavy (non-hydrogen) atoms. The van der Waals surface area contributed by atoms with E-state index in [1.54, 1.807) is 0 Å². The number of hydrogen-bond acceptors (Lipinski definition) is 6. The lowest BCUT2D eigenvalue weighted by Gasteiger charge is -2.34. The monoisotopic (exact) mass is 466 g/mol. The highest BCUT2D eigenvalue weighted by atomic mass is 16.1. The Morgan fingerprint density at radius 3 is 2.43 bits per heavy atom. The first-order valence-electron chi connectivity index (χ1n) is 12.0. The van der Waals surface area contributed by atoms with Gasteiger partial charge in [0.25, 0.3) is 0 Å². The number of hydrogen-bond donors (Lipinski definition) is 2. The number of anilines is 4. The lowest BCUT2D eigenvalue weighted by Crippen LogP contribution is -2.44. The van der Waals surface area contributed by atoms with Crippen LogP contribution >= 0.6 is 0 Å². The van der Waals surface area contributed by atoms with Gasteiger partial charge < -0.3 is 20.4 Å². The summed E-state index contributed by atoms with van der Waals surface area (Å²) >= 11 is 0. The van der Waals surface area contributed by atoms with Crippen LogP contribution in [0.15, 0.2) is 67.3 Å². The fourth-order valence-electron chi connectivity index (χ4n) is 4.40. The lowest BCUT2D eigenvalue weighted by molar-refractivity contribution is -0.111. The van der Waals surface area contributed by atoms with Gasteiger partial charge in [0.2, 0.25) is 5.91 Å². The molecule has 2 N–H and O–H groups in total. The summed E-state index contributed by atoms with van der Waals surface area (Å²) in [5, 5.41) is 6.20. The molecule has 2 heterocycles. The third-order valence-electron chi connectivity index (χ3n) is 6.43. The number of fused-ring (bicyclic) bond motifs is 1. The van der Waals surface area contributed by atoms with Crippen molar-refractivity contribution in [2.45, 2.75) is 12.8 Å². The predicted molar refractivity (Wildman–Crippen MR) is 142 cm³/mol. The fraction of sp³-hybridized carbons (Fsp3) is 0.250. The molecule has 0 bridgehead atoms. The van der Waals surface area contributed by atoms with Crippen molar-refractivity contribution in [3.8, 4) is 0 Å². The van der Waals surface area contributed by atoms with Crippen LogP contribution in [0, 0.1) is 0 Å². The van der Waals surface area contributed by atoms with E-state index in [4.69, 9.17) is 9.97 Å². The maximum Gasteiger partial charge on any atom is 0.247 e. The van der Waals surface area contributed by atoms with E-state index in [9.17, 15) is 4.79 Å². The molecule has 7 nitrogen and oxygen atoms in total. The largest absolute Gasteiger partial charge is 0.369 e. The third-order valence-corrected chi connectivity index (χ3v) is 6.43. The molecule has 178 valence electrons. The summed E-state index contributed by atoms with van der Waals surface area (Å²) in [6.45, 7) is 7.80. The highest BCUT2D eigenvalue weighted by Gasteiger charge is 2.17. The zero-order chi connectivity index (χ0) is 24.2. The topological polar surface area (TPSA) is 73.4 Å². The summed E-state index contributed by atoms with van der Waals surface area (Å²) in [6.07, 6.45) is 6.94. The maximum absolute atomic E-state index is 11.5. The Hall–Kier alpha value is -3.97. The van der Waals surface area contributed by atoms with Gasteiger partial charge in [-0.3, -0.25) is 4.79 Å². The van der Waals surface area contributed by atoms with Gasteiger partial charge in [0.05, 0.1) is 5.69 Å². The number of amides is 1. The van der Waals surface area contributed by atoms with Gasteiger partial charge in [-0.2, -0.15) is 0 Å². The van der Waals surface area contributed by atoms with Gasteiger partial charge >= 0.3 is 0 Å². The molecule has 1 fully saturated rings. The molecule has 7 heteroatoms. The average molecular weight is 467 g/mol. The SMILES string of the molecule is C=CC(=O)Nc1ccc(Nc2nc(Cc3ccc(N4CCN(C)CC4)cc3)nc3c2C=CC3)cc1. The molecule has 3 aromatic rings. The van der Waals surface area contributed by atoms with Crippen molar-refractivity contribution in [1.29, 1.82) is 0 Å². The average Bonchev–Trinajstić information content (AvgIpc) is 3.35. The maximum atomic E-state index is 11.5. The Morgan fingerprint density at radius 1 is 1.00 bits per heavy atom. The molecule has 2 aromatic carbocycles. The van der Waals surface area contributed by atoms with Gasteiger partial charge in [0.1, 0.15) is 11.6 Å². The Labute approximate surface area is 206 Å². The number of aromatic nitrogens is 2. The van der Waals surface area contributed by atoms with Crippen LogP contribution in [0.5, 0.6) is 0 Å². The van der Waals surface area contributed by atoms with E-state index >= 15 is 0 Å². The van der Waals surface area contributed by atoms with Crippen molar-refractivity contribution < 1.29 is 4.79 Å². The molecule has 0 saturated carbocycles. The smallest absolute Gasteiger partial charge is 0.247 e. The van der Waals surface area contributed by atoms with E-state index in [2.05, 4.69) is 70.5 Å². The van der Waals surface area contributed by atoms with E-state index in [0.29, 0.717) is 12.1 Å². The van der Waals surface area contributed by atoms with Gasteiger partial charge in [-0.1, -0.05) is 30.9 Å². The Balaban J connectivity index is 1.30. The number of likely N-dealkylation sites (N-methyl/N-ethyl adjacent to an activating group) is 1. The Morgan fingerprint density at radius 2 is 1.71 bits per heavy atom. The number of carbonyl (C=O) groups is 1. The first kappa shape index (κ1) is 22.8. The quantitative estimate of drug-likeness (QED) is 0.507. The minimum atomic E-state index is -0.231. The second-order valence-electron chi connectivity index (χ2n) is 8.98. The van der Waals surface area contributed by atoms with Crippen molar-refractivity contribution in [3.05, 3.63) is 89.9 Å². The van der Waals surface area contributed by atoms with Crippen LogP contribution in [-0.4, -0.2) is 54.0 Å². The Kier molecular flexibility index (Phi) is 6.59. The van der Waals surface area contributed by atoms with Crippen LogP contribution in [0.2, 0.25) is 0 Å². The predicted octanol–water partition coefficient (Wildman–Crippen LogP) is 4.26. The molecule has 0 atom stereocenters. The van der Waals surface area contributed by atoms with Crippen LogP contribution in [0.1, 0.15) is 22.6 Å². The Bertz CT molecular complexity index is 1240. The van der Waals surface area contributed by atoms with E-state index < -0.39 is 0 Å². The van der Waals surface area contributed by atoms with Crippen LogP contribution in [0.4, 0.5) is 22.9 Å². The van der Waals surface area contributed by atoms with Crippen molar-refractivity contribution in [1.82, 2.24) is 14.9 Å². The molecule has 0 spiro atoms. The van der Waals surface area contributed by atoms with Gasteiger partial charge in [0.15, 0.2) is 0 Å². The van der Waals surface area contributed by atoms with Gasteiger partial charge in [-0.15, -0.1) is 0 Å². The summed E-state index contributed by atoms with van der Waals surface area (Å²) in [5.74, 6) is 1.37. The van der Waals surface area contributed by atoms with Crippen molar-refractivity contribution >= 4 is 34.9 Å². The van der Waals surface area contributed by atoms with E-state index in [-0.39, 0.29) is 5.91 Å². The van der Waals surface area contributed by atoms with Crippen LogP contribution in [0.3, 0.4) is 0 Å². The third kappa shape index (κ3) is 5.41. The summed E-state index contributed by atoms with van der Waals surface area (Å²) in [4.78, 5) is 26.0. The highest BCUT2D eigenvalue weighted by Crippen LogP contribution is 2.28. The minimum absolute atomic E-state index is 0.231. The van der Waals surface area contributed by atoms with Crippen LogP contribution < -0.4 is 15.5 Å². The van der Waals surface area contributed by atoms with Gasteiger partial charge in [-0.05, 0) is 55.1 Å². The van der Waals surface area contributed by atoms with Crippen molar-refractivity contribution in [3.63, 3.8) is 0 Å². The summed E-state index contributed by atoms with van der Waals surface area (Å²) < 4.78 is 0. The number of carbonyl (C=O) groups excluding carboxylic acids is 1. The molecule has 1 aliphatic carbocycles. The minimum Gasteiger partial charge on any atom is -0.369 e. The molecule has 1 saturated heterocycles. The highest BCUT2D eigenvalue weighted by molar-refractivity contribution is 5.98. The van der Waals surface area contributed by atoms with E-state index in [0.717, 1.165) is 61.2 Å². The number of rotatable bonds is 7. The normalized spacial score (nSPS) is 15.1. The zero-order valence-corrected chi connectivity index (χ0v) is 20.0. The van der Waals surface area contributed by atoms with Gasteiger partial charge in [0, 0.05) is 61.6 Å². The first-order valence-corrected chi connectivity index (χ1v) is 12.0. The molecule has 0 radical (unpaired) electrons. The standard InChI is InChI=1S/C28H30N6O/c1-3-27(35)29-21-9-11-22(12-10-21)30-28-24-5-4-6-25(24)31-26(32-28)19-20-7-13-23(14-8-20)34-17-15-33(2)16-18-34/h3-5,7-14H,1,6,15-19H2,2H3,(H,29,35)(H,30,31,32). The molecule has 2 aliphatic rings. The second kappa shape index (κ2) is 10.1. The summed E-state index contributed by atoms with van der Waals surface area (Å²) in [5.41, 5.74) is 6.15. The number of piperazine rings is 1. The summed E-state index contributed by atoms with van der Waals surface area (Å²) in [7, 11) is 2.18. The zero-order valence-electron chi connectivity index (χ0n) is 20.0. The number of allylic oxidation sites excluding steroid dienone is 1. The number of nitrogens with one attached hydrogen (secondary N) is 2. The lowest BCUT2D eigenvalue weighted by atomic mass is 10.1. The molecule has 1 amide bonds. The molecule has 1 aliphatic heterocycles. The van der Waals surface area contributed by atoms with Gasteiger partial charge in [-0.25, -0.2) is 9.97 Å². The second-order valence-corrected chi connectivity index (χ2v) is 8.98. The fourth-order valence-corrected chi connectivity index (χ4v) is 4.40. The van der Waals surface area contributed by atoms with Crippen LogP contribution in [0.25, 0.3) is 6.08 Å². The molecular formula is C28H30N6O. The van der Waals surface area contributed by atoms with E-state index in [1.165, 1.54) is 17.3 Å².